The minimum absolute atomic E-state index is 0.0802. The van der Waals surface area contributed by atoms with E-state index in [4.69, 9.17) is 55.9 Å². The summed E-state index contributed by atoms with van der Waals surface area (Å²) < 4.78 is 0. The van der Waals surface area contributed by atoms with Crippen LogP contribution in [0.2, 0.25) is 18.3 Å². The monoisotopic (exact) mass is 288 g/mol. The predicted molar refractivity (Wildman–Crippen MR) is 61.1 cm³/mol. The van der Waals surface area contributed by atoms with Gasteiger partial charge in [0, 0.05) is 11.0 Å². The molecule has 0 aliphatic carbocycles. The third kappa shape index (κ3) is 4.60. The fourth-order valence-corrected chi connectivity index (χ4v) is 18.4. The first-order valence-electron chi connectivity index (χ1n) is 3.01. The maximum absolute atomic E-state index is 5.97. The minimum atomic E-state index is -2.31. The Bertz CT molecular complexity index is 111. The van der Waals surface area contributed by atoms with Gasteiger partial charge in [-0.05, 0) is 13.1 Å². The van der Waals surface area contributed by atoms with Gasteiger partial charge in [0.1, 0.15) is 0 Å². The van der Waals surface area contributed by atoms with Crippen LogP contribution in [0.25, 0.3) is 0 Å². The topological polar surface area (TPSA) is 0 Å². The molecule has 0 saturated carbocycles. The molecule has 0 rings (SSSR count). The molecule has 0 aromatic heterocycles. The Balaban J connectivity index is 4.43. The van der Waals surface area contributed by atoms with E-state index in [-0.39, 0.29) is 5.16 Å². The van der Waals surface area contributed by atoms with Gasteiger partial charge in [-0.1, -0.05) is 0 Å². The van der Waals surface area contributed by atoms with E-state index in [0.717, 1.165) is 0 Å². The van der Waals surface area contributed by atoms with Gasteiger partial charge in [-0.15, -0.1) is 55.9 Å². The van der Waals surface area contributed by atoms with E-state index in [1.807, 2.05) is 0 Å². The van der Waals surface area contributed by atoms with Crippen LogP contribution in [0.15, 0.2) is 0 Å². The maximum atomic E-state index is 5.97. The van der Waals surface area contributed by atoms with Crippen molar-refractivity contribution >= 4 is 69.3 Å². The summed E-state index contributed by atoms with van der Waals surface area (Å²) in [7, 11) is 0. The average molecular weight is 291 g/mol. The molecule has 0 bridgehead atoms. The van der Waals surface area contributed by atoms with Crippen LogP contribution in [0.5, 0.6) is 0 Å². The third-order valence-electron chi connectivity index (χ3n) is 1.38. The van der Waals surface area contributed by atoms with Crippen LogP contribution in [0.4, 0.5) is 0 Å². The molecule has 0 nitrogen and oxygen atoms in total. The van der Waals surface area contributed by atoms with Crippen molar-refractivity contribution in [2.45, 2.75) is 18.3 Å². The number of rotatable bonds is 3. The van der Waals surface area contributed by atoms with Crippen LogP contribution in [-0.4, -0.2) is 19.3 Å². The second-order valence-electron chi connectivity index (χ2n) is 2.62. The van der Waals surface area contributed by atoms with Gasteiger partial charge in [-0.25, -0.2) is 0 Å². The van der Waals surface area contributed by atoms with Gasteiger partial charge >= 0.3 is 0 Å². The van der Waals surface area contributed by atoms with Crippen molar-refractivity contribution in [1.82, 2.24) is 0 Å². The van der Waals surface area contributed by atoms with E-state index >= 15 is 0 Å². The Morgan fingerprint density at radius 1 is 1.00 bits per heavy atom. The first-order valence-corrected chi connectivity index (χ1v) is 12.7. The van der Waals surface area contributed by atoms with Crippen LogP contribution in [0.1, 0.15) is 0 Å². The summed E-state index contributed by atoms with van der Waals surface area (Å²) in [6.07, 6.45) is 0. The van der Waals surface area contributed by atoms with E-state index in [0.29, 0.717) is 5.88 Å². The summed E-state index contributed by atoms with van der Waals surface area (Å²) in [6, 6.07) is 0. The van der Waals surface area contributed by atoms with E-state index in [9.17, 15) is 0 Å². The largest absolute Gasteiger partial charge is 0.252 e. The van der Waals surface area contributed by atoms with Crippen molar-refractivity contribution < 1.29 is 0 Å². The zero-order valence-corrected chi connectivity index (χ0v) is 12.0. The number of halogens is 5. The molecule has 0 heterocycles. The normalized spacial score (nSPS) is 14.2. The van der Waals surface area contributed by atoms with Crippen molar-refractivity contribution in [3.05, 3.63) is 0 Å². The highest BCUT2D eigenvalue weighted by Gasteiger charge is 2.46. The molecule has 11 heavy (non-hydrogen) atoms. The zero-order chi connectivity index (χ0) is 9.28. The SMILES string of the molecule is C[Si](Cl)(Cl)C(CCl)[Si](C)(Cl)Cl. The average Bonchev–Trinajstić information content (AvgIpc) is 1.56. The molecule has 0 saturated heterocycles. The van der Waals surface area contributed by atoms with Gasteiger partial charge in [0.15, 0.2) is 0 Å². The smallest absolute Gasteiger partial charge is 0.146 e. The Morgan fingerprint density at radius 2 is 1.27 bits per heavy atom. The van der Waals surface area contributed by atoms with Crippen LogP contribution in [0, 0.1) is 0 Å². The van der Waals surface area contributed by atoms with E-state index in [2.05, 4.69) is 0 Å². The quantitative estimate of drug-likeness (QED) is 0.414. The Kier molecular flexibility index (Phi) is 5.16. The fourth-order valence-electron chi connectivity index (χ4n) is 0.716. The van der Waals surface area contributed by atoms with Crippen molar-refractivity contribution in [2.24, 2.45) is 0 Å². The molecule has 0 aliphatic heterocycles. The summed E-state index contributed by atoms with van der Waals surface area (Å²) in [5.74, 6) is 0.353. The van der Waals surface area contributed by atoms with Gasteiger partial charge in [-0.2, -0.15) is 0 Å². The second kappa shape index (κ2) is 4.40. The van der Waals surface area contributed by atoms with Crippen molar-refractivity contribution in [3.63, 3.8) is 0 Å². The van der Waals surface area contributed by atoms with Gasteiger partial charge in [0.05, 0.1) is 0 Å². The van der Waals surface area contributed by atoms with Crippen LogP contribution < -0.4 is 0 Å². The van der Waals surface area contributed by atoms with Gasteiger partial charge in [-0.3, -0.25) is 0 Å². The molecule has 7 heteroatoms. The molecule has 0 aromatic carbocycles. The number of alkyl halides is 1. The summed E-state index contributed by atoms with van der Waals surface area (Å²) in [6.45, 7) is -1.04. The minimum Gasteiger partial charge on any atom is -0.146 e. The highest BCUT2D eigenvalue weighted by Crippen LogP contribution is 2.42. The second-order valence-corrected chi connectivity index (χ2v) is 19.3. The molecule has 0 atom stereocenters. The van der Waals surface area contributed by atoms with Gasteiger partial charge < -0.3 is 0 Å². The van der Waals surface area contributed by atoms with Gasteiger partial charge in [0.25, 0.3) is 13.4 Å². The molecule has 0 spiro atoms. The molecule has 0 amide bonds. The molecule has 0 unspecified atom stereocenters. The standard InChI is InChI=1S/C4H9Cl5Si2/c1-10(6,7)4(3-5)11(2,8)9/h4H,3H2,1-2H3. The number of hydrogen-bond donors (Lipinski definition) is 0. The summed E-state index contributed by atoms with van der Waals surface area (Å²) >= 11 is 29.5. The third-order valence-corrected chi connectivity index (χ3v) is 13.9. The molecule has 0 radical (unpaired) electrons. The van der Waals surface area contributed by atoms with Crippen LogP contribution in [0.3, 0.4) is 0 Å². The fraction of sp³-hybridized carbons (Fsp3) is 1.00. The van der Waals surface area contributed by atoms with E-state index < -0.39 is 13.4 Å². The molecule has 0 aromatic rings. The molecule has 68 valence electrons. The van der Waals surface area contributed by atoms with Gasteiger partial charge in [0.2, 0.25) is 0 Å². The first-order chi connectivity index (χ1) is 4.69. The lowest BCUT2D eigenvalue weighted by atomic mass is 10.9. The molecule has 0 N–H and O–H groups in total. The van der Waals surface area contributed by atoms with Crippen molar-refractivity contribution in [2.75, 3.05) is 5.88 Å². The molecular formula is C4H9Cl5Si2. The lowest BCUT2D eigenvalue weighted by molar-refractivity contribution is 1.29. The highest BCUT2D eigenvalue weighted by molar-refractivity contribution is 7.57. The van der Waals surface area contributed by atoms with E-state index in [1.54, 1.807) is 13.1 Å². The predicted octanol–water partition coefficient (Wildman–Crippen LogP) is 4.23. The first kappa shape index (κ1) is 12.9. The Labute approximate surface area is 92.9 Å². The summed E-state index contributed by atoms with van der Waals surface area (Å²) in [4.78, 5) is 0. The van der Waals surface area contributed by atoms with Crippen LogP contribution in [-0.2, 0) is 0 Å². The highest BCUT2D eigenvalue weighted by atomic mass is 35.7. The van der Waals surface area contributed by atoms with Crippen LogP contribution >= 0.6 is 55.9 Å². The number of hydrogen-bond acceptors (Lipinski definition) is 0. The van der Waals surface area contributed by atoms with E-state index in [1.165, 1.54) is 0 Å². The lowest BCUT2D eigenvalue weighted by Crippen LogP contribution is -2.38. The zero-order valence-electron chi connectivity index (χ0n) is 6.17. The molecule has 0 fully saturated rings. The Morgan fingerprint density at radius 3 is 1.27 bits per heavy atom. The molecule has 0 aliphatic rings. The lowest BCUT2D eigenvalue weighted by Gasteiger charge is -2.28. The summed E-state index contributed by atoms with van der Waals surface area (Å²) in [5.41, 5.74) is 0. The summed E-state index contributed by atoms with van der Waals surface area (Å²) in [5, 5.41) is -0.0802. The molecular weight excluding hydrogens is 281 g/mol. The maximum Gasteiger partial charge on any atom is 0.252 e. The Hall–Kier alpha value is 1.88. The van der Waals surface area contributed by atoms with Crippen molar-refractivity contribution in [1.29, 1.82) is 0 Å². The van der Waals surface area contributed by atoms with Crippen molar-refractivity contribution in [3.8, 4) is 0 Å².